The van der Waals surface area contributed by atoms with Crippen LogP contribution in [0.2, 0.25) is 0 Å². The Kier molecular flexibility index (Phi) is 6.99. The molecule has 0 atom stereocenters. The maximum Gasteiger partial charge on any atom is 0.418 e. The molecule has 2 aromatic carbocycles. The molecule has 3 aromatic rings. The van der Waals surface area contributed by atoms with Crippen molar-refractivity contribution in [3.05, 3.63) is 71.2 Å². The summed E-state index contributed by atoms with van der Waals surface area (Å²) in [7, 11) is 0. The summed E-state index contributed by atoms with van der Waals surface area (Å²) in [4.78, 5) is 12.3. The van der Waals surface area contributed by atoms with E-state index >= 15 is 0 Å². The molecular formula is C20H16BrF3N4OS. The number of allylic oxidation sites excluding steroid dienone is 1. The minimum atomic E-state index is -4.56. The van der Waals surface area contributed by atoms with Crippen molar-refractivity contribution < 1.29 is 18.0 Å². The SMILES string of the molecule is C=CCn1c(SCC(=O)Nc2ccccc2C(F)(F)F)nnc1-c1ccccc1Br. The van der Waals surface area contributed by atoms with Crippen LogP contribution in [0.25, 0.3) is 11.4 Å². The highest BCUT2D eigenvalue weighted by atomic mass is 79.9. The fourth-order valence-electron chi connectivity index (χ4n) is 2.69. The van der Waals surface area contributed by atoms with Crippen LogP contribution in [-0.2, 0) is 17.5 Å². The normalized spacial score (nSPS) is 11.3. The van der Waals surface area contributed by atoms with E-state index in [9.17, 15) is 18.0 Å². The van der Waals surface area contributed by atoms with E-state index in [1.54, 1.807) is 10.6 Å². The number of hydrogen-bond donors (Lipinski definition) is 1. The maximum absolute atomic E-state index is 13.1. The number of carbonyl (C=O) groups is 1. The predicted molar refractivity (Wildman–Crippen MR) is 114 cm³/mol. The van der Waals surface area contributed by atoms with Crippen LogP contribution in [0.5, 0.6) is 0 Å². The van der Waals surface area contributed by atoms with Gasteiger partial charge in [0, 0.05) is 16.6 Å². The number of nitrogens with one attached hydrogen (secondary N) is 1. The van der Waals surface area contributed by atoms with Crippen LogP contribution < -0.4 is 5.32 Å². The molecule has 0 spiro atoms. The molecule has 0 fully saturated rings. The third-order valence-corrected chi connectivity index (χ3v) is 5.64. The van der Waals surface area contributed by atoms with E-state index in [0.717, 1.165) is 27.9 Å². The zero-order valence-corrected chi connectivity index (χ0v) is 17.9. The Morgan fingerprint density at radius 3 is 2.57 bits per heavy atom. The quantitative estimate of drug-likeness (QED) is 0.339. The monoisotopic (exact) mass is 496 g/mol. The van der Waals surface area contributed by atoms with Gasteiger partial charge in [0.1, 0.15) is 0 Å². The van der Waals surface area contributed by atoms with Crippen molar-refractivity contribution in [2.24, 2.45) is 0 Å². The number of alkyl halides is 3. The molecule has 10 heteroatoms. The van der Waals surface area contributed by atoms with Gasteiger partial charge < -0.3 is 5.32 Å². The lowest BCUT2D eigenvalue weighted by atomic mass is 10.1. The third kappa shape index (κ3) is 5.11. The fraction of sp³-hybridized carbons (Fsp3) is 0.150. The van der Waals surface area contributed by atoms with Crippen LogP contribution in [0, 0.1) is 0 Å². The Hall–Kier alpha value is -2.59. The Morgan fingerprint density at radius 2 is 1.87 bits per heavy atom. The molecule has 0 radical (unpaired) electrons. The smallest absolute Gasteiger partial charge is 0.325 e. The number of hydrogen-bond acceptors (Lipinski definition) is 4. The number of para-hydroxylation sites is 1. The minimum absolute atomic E-state index is 0.128. The van der Waals surface area contributed by atoms with Crippen molar-refractivity contribution in [3.63, 3.8) is 0 Å². The lowest BCUT2D eigenvalue weighted by molar-refractivity contribution is -0.137. The third-order valence-electron chi connectivity index (χ3n) is 3.98. The van der Waals surface area contributed by atoms with Crippen LogP contribution >= 0.6 is 27.7 Å². The second kappa shape index (κ2) is 9.48. The van der Waals surface area contributed by atoms with Gasteiger partial charge >= 0.3 is 6.18 Å². The lowest BCUT2D eigenvalue weighted by Crippen LogP contribution is -2.18. The van der Waals surface area contributed by atoms with E-state index in [4.69, 9.17) is 0 Å². The van der Waals surface area contributed by atoms with Crippen LogP contribution in [0.1, 0.15) is 5.56 Å². The Bertz CT molecular complexity index is 1070. The van der Waals surface area contributed by atoms with Gasteiger partial charge in [0.05, 0.1) is 17.0 Å². The van der Waals surface area contributed by atoms with Crippen molar-refractivity contribution in [3.8, 4) is 11.4 Å². The molecule has 0 aliphatic carbocycles. The molecule has 0 saturated heterocycles. The summed E-state index contributed by atoms with van der Waals surface area (Å²) in [5.41, 5.74) is -0.353. The number of anilines is 1. The summed E-state index contributed by atoms with van der Waals surface area (Å²) >= 11 is 4.56. The van der Waals surface area contributed by atoms with Gasteiger partial charge in [-0.15, -0.1) is 16.8 Å². The molecule has 5 nitrogen and oxygen atoms in total. The van der Waals surface area contributed by atoms with Gasteiger partial charge in [-0.2, -0.15) is 13.2 Å². The molecule has 0 saturated carbocycles. The highest BCUT2D eigenvalue weighted by molar-refractivity contribution is 9.10. The Morgan fingerprint density at radius 1 is 1.17 bits per heavy atom. The first-order chi connectivity index (χ1) is 14.3. The first kappa shape index (κ1) is 22.1. The highest BCUT2D eigenvalue weighted by Gasteiger charge is 2.33. The average molecular weight is 497 g/mol. The second-order valence-corrected chi connectivity index (χ2v) is 7.86. The fourth-order valence-corrected chi connectivity index (χ4v) is 3.90. The molecule has 3 rings (SSSR count). The van der Waals surface area contributed by atoms with Gasteiger partial charge in [-0.1, -0.05) is 64.1 Å². The Balaban J connectivity index is 1.76. The predicted octanol–water partition coefficient (Wildman–Crippen LogP) is 5.64. The summed E-state index contributed by atoms with van der Waals surface area (Å²) in [6.07, 6.45) is -2.88. The van der Waals surface area contributed by atoms with Crippen LogP contribution in [0.4, 0.5) is 18.9 Å². The molecular weight excluding hydrogens is 481 g/mol. The number of carbonyl (C=O) groups excluding carboxylic acids is 1. The maximum atomic E-state index is 13.1. The van der Waals surface area contributed by atoms with Crippen molar-refractivity contribution in [1.29, 1.82) is 0 Å². The van der Waals surface area contributed by atoms with Gasteiger partial charge in [-0.05, 0) is 18.2 Å². The molecule has 1 heterocycles. The number of rotatable bonds is 7. The lowest BCUT2D eigenvalue weighted by Gasteiger charge is -2.13. The number of amides is 1. The highest BCUT2D eigenvalue weighted by Crippen LogP contribution is 2.35. The summed E-state index contributed by atoms with van der Waals surface area (Å²) < 4.78 is 41.9. The topological polar surface area (TPSA) is 59.8 Å². The van der Waals surface area contributed by atoms with E-state index in [2.05, 4.69) is 38.0 Å². The van der Waals surface area contributed by atoms with Crippen LogP contribution in [0.3, 0.4) is 0 Å². The molecule has 1 amide bonds. The number of benzene rings is 2. The number of halogens is 4. The van der Waals surface area contributed by atoms with Gasteiger partial charge in [0.25, 0.3) is 0 Å². The molecule has 0 unspecified atom stereocenters. The summed E-state index contributed by atoms with van der Waals surface area (Å²) in [5, 5.41) is 11.1. The standard InChI is InChI=1S/C20H16BrF3N4OS/c1-2-11-28-18(13-7-3-5-9-15(13)21)26-27-19(28)30-12-17(29)25-16-10-6-4-8-14(16)20(22,23)24/h2-10H,1,11-12H2,(H,25,29). The van der Waals surface area contributed by atoms with Crippen LogP contribution in [-0.4, -0.2) is 26.4 Å². The van der Waals surface area contributed by atoms with E-state index in [1.807, 2.05) is 24.3 Å². The number of thioether (sulfide) groups is 1. The largest absolute Gasteiger partial charge is 0.418 e. The van der Waals surface area contributed by atoms with Crippen molar-refractivity contribution >= 4 is 39.3 Å². The first-order valence-corrected chi connectivity index (χ1v) is 10.5. The van der Waals surface area contributed by atoms with Crippen molar-refractivity contribution in [2.75, 3.05) is 11.1 Å². The van der Waals surface area contributed by atoms with E-state index in [1.165, 1.54) is 18.2 Å². The van der Waals surface area contributed by atoms with Gasteiger partial charge in [-0.25, -0.2) is 0 Å². The zero-order chi connectivity index (χ0) is 21.7. The zero-order valence-electron chi connectivity index (χ0n) is 15.5. The summed E-state index contributed by atoms with van der Waals surface area (Å²) in [6, 6.07) is 12.3. The molecule has 0 aliphatic rings. The molecule has 1 N–H and O–H groups in total. The van der Waals surface area contributed by atoms with Gasteiger partial charge in [0.15, 0.2) is 11.0 Å². The number of aromatic nitrogens is 3. The van der Waals surface area contributed by atoms with Crippen molar-refractivity contribution in [1.82, 2.24) is 14.8 Å². The molecule has 30 heavy (non-hydrogen) atoms. The molecule has 0 bridgehead atoms. The number of nitrogens with zero attached hydrogens (tertiary/aromatic N) is 3. The van der Waals surface area contributed by atoms with Gasteiger partial charge in [0.2, 0.25) is 5.91 Å². The van der Waals surface area contributed by atoms with E-state index in [-0.39, 0.29) is 11.4 Å². The molecule has 0 aliphatic heterocycles. The second-order valence-electron chi connectivity index (χ2n) is 6.07. The minimum Gasteiger partial charge on any atom is -0.325 e. The summed E-state index contributed by atoms with van der Waals surface area (Å²) in [5.74, 6) is -0.114. The Labute approximate surface area is 183 Å². The van der Waals surface area contributed by atoms with Crippen molar-refractivity contribution in [2.45, 2.75) is 17.9 Å². The first-order valence-electron chi connectivity index (χ1n) is 8.69. The van der Waals surface area contributed by atoms with Gasteiger partial charge in [-0.3, -0.25) is 9.36 Å². The van der Waals surface area contributed by atoms with E-state index < -0.39 is 17.6 Å². The van der Waals surface area contributed by atoms with E-state index in [0.29, 0.717) is 17.5 Å². The van der Waals surface area contributed by atoms with Crippen LogP contribution in [0.15, 0.2) is 70.8 Å². The summed E-state index contributed by atoms with van der Waals surface area (Å²) in [6.45, 7) is 4.14. The molecule has 1 aromatic heterocycles. The average Bonchev–Trinajstić information content (AvgIpc) is 3.09. The molecule has 156 valence electrons.